The third-order valence-electron chi connectivity index (χ3n) is 2.77. The summed E-state index contributed by atoms with van der Waals surface area (Å²) in [4.78, 5) is 11.0. The van der Waals surface area contributed by atoms with Gasteiger partial charge in [-0.15, -0.1) is 0 Å². The van der Waals surface area contributed by atoms with Crippen LogP contribution in [0.3, 0.4) is 0 Å². The number of rotatable bonds is 5. The maximum absolute atomic E-state index is 12.0. The summed E-state index contributed by atoms with van der Waals surface area (Å²) >= 11 is 0. The van der Waals surface area contributed by atoms with Crippen LogP contribution in [0.25, 0.3) is 0 Å². The standard InChI is InChI=1S/C13H15NO4S/c1-13(2,12(15)16)19(17)8-9-4-5-11(18-3)10(6-9)7-14/h4-6H,8H2,1-3H3,(H,15,16). The molecule has 1 atom stereocenters. The smallest absolute Gasteiger partial charge is 0.321 e. The second kappa shape index (κ2) is 5.85. The van der Waals surface area contributed by atoms with Crippen LogP contribution in [0.4, 0.5) is 0 Å². The maximum atomic E-state index is 12.0. The van der Waals surface area contributed by atoms with Gasteiger partial charge in [0.15, 0.2) is 0 Å². The highest BCUT2D eigenvalue weighted by molar-refractivity contribution is 7.86. The van der Waals surface area contributed by atoms with Crippen molar-refractivity contribution in [1.29, 1.82) is 5.26 Å². The number of hydrogen-bond acceptors (Lipinski definition) is 4. The van der Waals surface area contributed by atoms with Crippen LogP contribution in [0.2, 0.25) is 0 Å². The van der Waals surface area contributed by atoms with E-state index in [4.69, 9.17) is 15.1 Å². The van der Waals surface area contributed by atoms with Crippen LogP contribution >= 0.6 is 0 Å². The molecule has 5 nitrogen and oxygen atoms in total. The van der Waals surface area contributed by atoms with Crippen LogP contribution in [0, 0.1) is 11.3 Å². The highest BCUT2D eigenvalue weighted by Crippen LogP contribution is 2.22. The van der Waals surface area contributed by atoms with Gasteiger partial charge < -0.3 is 9.84 Å². The fourth-order valence-electron chi connectivity index (χ4n) is 1.36. The van der Waals surface area contributed by atoms with E-state index in [1.165, 1.54) is 21.0 Å². The number of aliphatic carboxylic acids is 1. The minimum atomic E-state index is -1.58. The quantitative estimate of drug-likeness (QED) is 0.887. The van der Waals surface area contributed by atoms with Crippen LogP contribution in [-0.2, 0) is 21.3 Å². The maximum Gasteiger partial charge on any atom is 0.321 e. The molecule has 1 unspecified atom stereocenters. The normalized spacial score (nSPS) is 12.5. The SMILES string of the molecule is COc1ccc(CS(=O)C(C)(C)C(=O)O)cc1C#N. The zero-order valence-corrected chi connectivity index (χ0v) is 11.8. The lowest BCUT2D eigenvalue weighted by molar-refractivity contribution is -0.139. The molecule has 0 fully saturated rings. The number of carbonyl (C=O) groups is 1. The highest BCUT2D eigenvalue weighted by atomic mass is 32.2. The molecule has 1 aromatic carbocycles. The molecule has 0 saturated carbocycles. The number of hydrogen-bond donors (Lipinski definition) is 1. The van der Waals surface area contributed by atoms with Gasteiger partial charge in [-0.3, -0.25) is 9.00 Å². The van der Waals surface area contributed by atoms with Crippen molar-refractivity contribution in [2.24, 2.45) is 0 Å². The van der Waals surface area contributed by atoms with Gasteiger partial charge in [-0.25, -0.2) is 0 Å². The molecule has 0 aliphatic rings. The topological polar surface area (TPSA) is 87.4 Å². The Labute approximate surface area is 114 Å². The van der Waals surface area contributed by atoms with Gasteiger partial charge in [0, 0.05) is 16.6 Å². The number of benzene rings is 1. The Balaban J connectivity index is 2.99. The molecule has 19 heavy (non-hydrogen) atoms. The van der Waals surface area contributed by atoms with Gasteiger partial charge >= 0.3 is 5.97 Å². The first kappa shape index (κ1) is 15.2. The molecule has 0 aliphatic carbocycles. The average Bonchev–Trinajstić information content (AvgIpc) is 2.38. The lowest BCUT2D eigenvalue weighted by atomic mass is 10.1. The van der Waals surface area contributed by atoms with Gasteiger partial charge in [-0.05, 0) is 31.5 Å². The molecule has 0 heterocycles. The minimum Gasteiger partial charge on any atom is -0.495 e. The van der Waals surface area contributed by atoms with Crippen molar-refractivity contribution < 1.29 is 18.8 Å². The van der Waals surface area contributed by atoms with Crippen molar-refractivity contribution in [2.75, 3.05) is 7.11 Å². The van der Waals surface area contributed by atoms with Crippen molar-refractivity contribution in [3.63, 3.8) is 0 Å². The Morgan fingerprint density at radius 1 is 1.53 bits per heavy atom. The monoisotopic (exact) mass is 281 g/mol. The second-order valence-corrected chi connectivity index (χ2v) is 6.45. The number of methoxy groups -OCH3 is 1. The molecule has 0 radical (unpaired) electrons. The Hall–Kier alpha value is -1.87. The predicted molar refractivity (Wildman–Crippen MR) is 71.3 cm³/mol. The summed E-state index contributed by atoms with van der Waals surface area (Å²) in [7, 11) is -0.120. The van der Waals surface area contributed by atoms with Crippen LogP contribution in [0.15, 0.2) is 18.2 Å². The van der Waals surface area contributed by atoms with E-state index in [0.29, 0.717) is 16.9 Å². The van der Waals surface area contributed by atoms with E-state index < -0.39 is 21.5 Å². The molecule has 0 aliphatic heterocycles. The summed E-state index contributed by atoms with van der Waals surface area (Å²) < 4.78 is 15.7. The zero-order chi connectivity index (χ0) is 14.6. The van der Waals surface area contributed by atoms with Gasteiger partial charge in [-0.1, -0.05) is 6.07 Å². The zero-order valence-electron chi connectivity index (χ0n) is 11.0. The first-order chi connectivity index (χ1) is 8.82. The van der Waals surface area contributed by atoms with E-state index in [-0.39, 0.29) is 5.75 Å². The minimum absolute atomic E-state index is 0.0813. The third kappa shape index (κ3) is 3.32. The van der Waals surface area contributed by atoms with E-state index in [2.05, 4.69) is 0 Å². The molecule has 0 saturated heterocycles. The van der Waals surface area contributed by atoms with Gasteiger partial charge in [0.05, 0.1) is 12.7 Å². The van der Waals surface area contributed by atoms with E-state index >= 15 is 0 Å². The fraction of sp³-hybridized carbons (Fsp3) is 0.385. The summed E-state index contributed by atoms with van der Waals surface area (Å²) in [5.74, 6) is -0.591. The summed E-state index contributed by atoms with van der Waals surface area (Å²) in [5.41, 5.74) is 0.982. The highest BCUT2D eigenvalue weighted by Gasteiger charge is 2.34. The van der Waals surface area contributed by atoms with Crippen LogP contribution in [-0.4, -0.2) is 27.1 Å². The largest absolute Gasteiger partial charge is 0.495 e. The molecule has 0 bridgehead atoms. The van der Waals surface area contributed by atoms with E-state index in [1.807, 2.05) is 6.07 Å². The first-order valence-corrected chi connectivity index (χ1v) is 6.83. The molecule has 0 amide bonds. The number of carboxylic acid groups (broad SMARTS) is 1. The molecule has 6 heteroatoms. The molecule has 1 N–H and O–H groups in total. The van der Waals surface area contributed by atoms with Gasteiger partial charge in [0.2, 0.25) is 0 Å². The van der Waals surface area contributed by atoms with Crippen molar-refractivity contribution in [1.82, 2.24) is 0 Å². The Morgan fingerprint density at radius 3 is 2.63 bits per heavy atom. The van der Waals surface area contributed by atoms with Gasteiger partial charge in [0.25, 0.3) is 0 Å². The van der Waals surface area contributed by atoms with Gasteiger partial charge in [-0.2, -0.15) is 5.26 Å². The van der Waals surface area contributed by atoms with Crippen LogP contribution in [0.5, 0.6) is 5.75 Å². The second-order valence-electron chi connectivity index (χ2n) is 4.45. The fourth-order valence-corrected chi connectivity index (χ4v) is 2.40. The number of ether oxygens (including phenoxy) is 1. The molecule has 1 rings (SSSR count). The molecule has 102 valence electrons. The van der Waals surface area contributed by atoms with Crippen LogP contribution in [0.1, 0.15) is 25.0 Å². The van der Waals surface area contributed by atoms with Crippen molar-refractivity contribution in [3.05, 3.63) is 29.3 Å². The Kier molecular flexibility index (Phi) is 4.67. The predicted octanol–water partition coefficient (Wildman–Crippen LogP) is 1.68. The Bertz CT molecular complexity index is 560. The third-order valence-corrected chi connectivity index (χ3v) is 4.67. The molecule has 1 aromatic rings. The van der Waals surface area contributed by atoms with Crippen LogP contribution < -0.4 is 4.74 Å². The molecule has 0 spiro atoms. The summed E-state index contributed by atoms with van der Waals surface area (Å²) in [6, 6.07) is 6.83. The summed E-state index contributed by atoms with van der Waals surface area (Å²) in [6.45, 7) is 2.83. The van der Waals surface area contributed by atoms with Gasteiger partial charge in [0.1, 0.15) is 16.6 Å². The van der Waals surface area contributed by atoms with Crippen molar-refractivity contribution >= 4 is 16.8 Å². The molecular weight excluding hydrogens is 266 g/mol. The van der Waals surface area contributed by atoms with Crippen molar-refractivity contribution in [3.8, 4) is 11.8 Å². The number of nitriles is 1. The van der Waals surface area contributed by atoms with E-state index in [1.54, 1.807) is 18.2 Å². The average molecular weight is 281 g/mol. The van der Waals surface area contributed by atoms with Crippen molar-refractivity contribution in [2.45, 2.75) is 24.3 Å². The lowest BCUT2D eigenvalue weighted by Gasteiger charge is -2.18. The summed E-state index contributed by atoms with van der Waals surface area (Å²) in [5, 5.41) is 18.0. The molecule has 0 aromatic heterocycles. The summed E-state index contributed by atoms with van der Waals surface area (Å²) in [6.07, 6.45) is 0. The lowest BCUT2D eigenvalue weighted by Crippen LogP contribution is -2.37. The molecular formula is C13H15NO4S. The van der Waals surface area contributed by atoms with E-state index in [9.17, 15) is 9.00 Å². The number of nitrogens with zero attached hydrogens (tertiary/aromatic N) is 1. The first-order valence-electron chi connectivity index (χ1n) is 5.51. The van der Waals surface area contributed by atoms with E-state index in [0.717, 1.165) is 0 Å². The Morgan fingerprint density at radius 2 is 2.16 bits per heavy atom. The number of carboxylic acids is 1.